The molecule has 3 nitrogen and oxygen atoms in total. The minimum absolute atomic E-state index is 0.0143. The van der Waals surface area contributed by atoms with Crippen LogP contribution in [-0.4, -0.2) is 26.1 Å². The fraction of sp³-hybridized carbons (Fsp3) is 0.462. The quantitative estimate of drug-likeness (QED) is 0.742. The van der Waals surface area contributed by atoms with Gasteiger partial charge in [-0.05, 0) is 24.1 Å². The number of halogens is 1. The zero-order valence-electron chi connectivity index (χ0n) is 10.5. The Morgan fingerprint density at radius 1 is 1.29 bits per heavy atom. The molecular formula is C13H17FO3. The minimum atomic E-state index is -0.592. The van der Waals surface area contributed by atoms with Crippen LogP contribution >= 0.6 is 0 Å². The average molecular weight is 240 g/mol. The molecular weight excluding hydrogens is 223 g/mol. The first-order valence-electron chi connectivity index (χ1n) is 5.41. The van der Waals surface area contributed by atoms with E-state index >= 15 is 0 Å². The summed E-state index contributed by atoms with van der Waals surface area (Å²) in [5.41, 5.74) is 0.216. The van der Waals surface area contributed by atoms with Gasteiger partial charge in [-0.3, -0.25) is 4.79 Å². The van der Waals surface area contributed by atoms with Crippen molar-refractivity contribution < 1.29 is 18.7 Å². The molecule has 0 aliphatic carbocycles. The summed E-state index contributed by atoms with van der Waals surface area (Å²) in [4.78, 5) is 12.2. The van der Waals surface area contributed by atoms with Gasteiger partial charge in [-0.25, -0.2) is 4.39 Å². The molecule has 0 aliphatic heterocycles. The Bertz CT molecular complexity index is 402. The largest absolute Gasteiger partial charge is 0.496 e. The molecule has 0 amide bonds. The van der Waals surface area contributed by atoms with Gasteiger partial charge in [-0.15, -0.1) is 0 Å². The van der Waals surface area contributed by atoms with Gasteiger partial charge in [-0.1, -0.05) is 13.8 Å². The van der Waals surface area contributed by atoms with Crippen molar-refractivity contribution >= 4 is 5.78 Å². The van der Waals surface area contributed by atoms with Crippen LogP contribution in [0, 0.1) is 11.7 Å². The van der Waals surface area contributed by atoms with Gasteiger partial charge in [0.05, 0.1) is 12.7 Å². The van der Waals surface area contributed by atoms with E-state index < -0.39 is 11.9 Å². The Labute approximate surface area is 101 Å². The van der Waals surface area contributed by atoms with Gasteiger partial charge in [0.15, 0.2) is 5.78 Å². The Balaban J connectivity index is 3.13. The summed E-state index contributed by atoms with van der Waals surface area (Å²) in [6, 6.07) is 3.87. The molecule has 17 heavy (non-hydrogen) atoms. The molecule has 0 aliphatic rings. The minimum Gasteiger partial charge on any atom is -0.496 e. The zero-order chi connectivity index (χ0) is 13.0. The summed E-state index contributed by atoms with van der Waals surface area (Å²) in [6.07, 6.45) is -0.592. The predicted octanol–water partition coefficient (Wildman–Crippen LogP) is 2.69. The molecule has 1 rings (SSSR count). The van der Waals surface area contributed by atoms with E-state index in [4.69, 9.17) is 9.47 Å². The zero-order valence-corrected chi connectivity index (χ0v) is 10.5. The third-order valence-electron chi connectivity index (χ3n) is 2.54. The molecule has 0 radical (unpaired) electrons. The number of hydrogen-bond donors (Lipinski definition) is 0. The maximum absolute atomic E-state index is 13.2. The number of carbonyl (C=O) groups is 1. The second kappa shape index (κ2) is 5.77. The van der Waals surface area contributed by atoms with Gasteiger partial charge in [0.1, 0.15) is 17.7 Å². The van der Waals surface area contributed by atoms with Crippen molar-refractivity contribution in [3.05, 3.63) is 29.6 Å². The van der Waals surface area contributed by atoms with Gasteiger partial charge in [0.25, 0.3) is 0 Å². The molecule has 94 valence electrons. The molecule has 0 saturated heterocycles. The van der Waals surface area contributed by atoms with Crippen molar-refractivity contribution in [2.75, 3.05) is 14.2 Å². The summed E-state index contributed by atoms with van der Waals surface area (Å²) in [5.74, 6) is -0.355. The third kappa shape index (κ3) is 3.03. The van der Waals surface area contributed by atoms with E-state index in [9.17, 15) is 9.18 Å². The van der Waals surface area contributed by atoms with Crippen molar-refractivity contribution in [1.82, 2.24) is 0 Å². The maximum atomic E-state index is 13.2. The van der Waals surface area contributed by atoms with Crippen molar-refractivity contribution in [3.63, 3.8) is 0 Å². The number of Topliss-reactive ketones (excluding diaryl/α,β-unsaturated/α-hetero) is 1. The van der Waals surface area contributed by atoms with Crippen LogP contribution < -0.4 is 4.74 Å². The summed E-state index contributed by atoms with van der Waals surface area (Å²) < 4.78 is 23.4. The molecule has 4 heteroatoms. The van der Waals surface area contributed by atoms with Gasteiger partial charge in [0, 0.05) is 7.11 Å². The van der Waals surface area contributed by atoms with Gasteiger partial charge in [0.2, 0.25) is 0 Å². The first-order chi connectivity index (χ1) is 8.01. The molecule has 0 saturated carbocycles. The molecule has 1 atom stereocenters. The van der Waals surface area contributed by atoms with Crippen molar-refractivity contribution in [1.29, 1.82) is 0 Å². The Hall–Kier alpha value is -1.42. The van der Waals surface area contributed by atoms with Crippen LogP contribution in [-0.2, 0) is 4.74 Å². The number of methoxy groups -OCH3 is 2. The Morgan fingerprint density at radius 3 is 2.41 bits per heavy atom. The van der Waals surface area contributed by atoms with Crippen molar-refractivity contribution in [2.24, 2.45) is 5.92 Å². The van der Waals surface area contributed by atoms with Crippen LogP contribution in [0.15, 0.2) is 18.2 Å². The van der Waals surface area contributed by atoms with E-state index in [-0.39, 0.29) is 17.3 Å². The lowest BCUT2D eigenvalue weighted by atomic mass is 9.97. The van der Waals surface area contributed by atoms with Crippen LogP contribution in [0.4, 0.5) is 4.39 Å². The average Bonchev–Trinajstić information content (AvgIpc) is 2.29. The molecule has 0 N–H and O–H groups in total. The molecule has 1 aromatic rings. The number of benzene rings is 1. The molecule has 0 heterocycles. The van der Waals surface area contributed by atoms with Crippen LogP contribution in [0.2, 0.25) is 0 Å². The predicted molar refractivity (Wildman–Crippen MR) is 62.9 cm³/mol. The first-order valence-corrected chi connectivity index (χ1v) is 5.41. The van der Waals surface area contributed by atoms with Gasteiger partial charge < -0.3 is 9.47 Å². The summed E-state index contributed by atoms with van der Waals surface area (Å²) in [5, 5.41) is 0. The lowest BCUT2D eigenvalue weighted by molar-refractivity contribution is 0.0455. The summed E-state index contributed by atoms with van der Waals surface area (Å²) >= 11 is 0. The van der Waals surface area contributed by atoms with Crippen molar-refractivity contribution in [3.8, 4) is 5.75 Å². The second-order valence-corrected chi connectivity index (χ2v) is 4.11. The summed E-state index contributed by atoms with van der Waals surface area (Å²) in [6.45, 7) is 3.75. The van der Waals surface area contributed by atoms with Crippen LogP contribution in [0.1, 0.15) is 24.2 Å². The molecule has 0 aromatic heterocycles. The van der Waals surface area contributed by atoms with Crippen LogP contribution in [0.3, 0.4) is 0 Å². The van der Waals surface area contributed by atoms with Gasteiger partial charge in [-0.2, -0.15) is 0 Å². The smallest absolute Gasteiger partial charge is 0.195 e. The fourth-order valence-corrected chi connectivity index (χ4v) is 1.71. The van der Waals surface area contributed by atoms with Crippen LogP contribution in [0.5, 0.6) is 5.75 Å². The van der Waals surface area contributed by atoms with E-state index in [0.717, 1.165) is 0 Å². The van der Waals surface area contributed by atoms with E-state index in [0.29, 0.717) is 5.75 Å². The highest BCUT2D eigenvalue weighted by atomic mass is 19.1. The second-order valence-electron chi connectivity index (χ2n) is 4.11. The molecule has 0 bridgehead atoms. The number of ether oxygens (including phenoxy) is 2. The highest BCUT2D eigenvalue weighted by Gasteiger charge is 2.25. The third-order valence-corrected chi connectivity index (χ3v) is 2.54. The van der Waals surface area contributed by atoms with E-state index in [2.05, 4.69) is 0 Å². The van der Waals surface area contributed by atoms with Gasteiger partial charge >= 0.3 is 0 Å². The highest BCUT2D eigenvalue weighted by molar-refractivity contribution is 6.02. The standard InChI is InChI=1S/C13H17FO3/c1-8(2)13(17-4)12(15)10-7-9(14)5-6-11(10)16-3/h5-8,13H,1-4H3. The maximum Gasteiger partial charge on any atom is 0.195 e. The lowest BCUT2D eigenvalue weighted by Gasteiger charge is -2.19. The lowest BCUT2D eigenvalue weighted by Crippen LogP contribution is -2.29. The Morgan fingerprint density at radius 2 is 1.94 bits per heavy atom. The fourth-order valence-electron chi connectivity index (χ4n) is 1.71. The number of hydrogen-bond acceptors (Lipinski definition) is 3. The SMILES string of the molecule is COc1ccc(F)cc1C(=O)C(OC)C(C)C. The topological polar surface area (TPSA) is 35.5 Å². The molecule has 0 spiro atoms. The normalized spacial score (nSPS) is 12.6. The monoisotopic (exact) mass is 240 g/mol. The molecule has 1 aromatic carbocycles. The first kappa shape index (κ1) is 13.6. The Kier molecular flexibility index (Phi) is 4.63. The number of ketones is 1. The molecule has 1 unspecified atom stereocenters. The van der Waals surface area contributed by atoms with Crippen LogP contribution in [0.25, 0.3) is 0 Å². The molecule has 0 fully saturated rings. The van der Waals surface area contributed by atoms with E-state index in [1.165, 1.54) is 32.4 Å². The number of rotatable bonds is 5. The highest BCUT2D eigenvalue weighted by Crippen LogP contribution is 2.23. The van der Waals surface area contributed by atoms with E-state index in [1.807, 2.05) is 13.8 Å². The number of carbonyl (C=O) groups excluding carboxylic acids is 1. The summed E-state index contributed by atoms with van der Waals surface area (Å²) in [7, 11) is 2.91. The van der Waals surface area contributed by atoms with Crippen molar-refractivity contribution in [2.45, 2.75) is 20.0 Å². The van der Waals surface area contributed by atoms with E-state index in [1.54, 1.807) is 0 Å².